The number of benzene rings is 1. The molecule has 162 valence electrons. The molecule has 2 aliphatic rings. The van der Waals surface area contributed by atoms with E-state index in [1.165, 1.54) is 0 Å². The number of aliphatic hydroxyl groups excluding tert-OH is 1. The van der Waals surface area contributed by atoms with E-state index >= 15 is 0 Å². The minimum Gasteiger partial charge on any atom is -0.394 e. The first-order valence-corrected chi connectivity index (χ1v) is 12.0. The molecule has 1 aliphatic heterocycles. The second-order valence-corrected chi connectivity index (χ2v) is 9.87. The van der Waals surface area contributed by atoms with Crippen molar-refractivity contribution in [3.05, 3.63) is 29.8 Å². The molecule has 0 unspecified atom stereocenters. The van der Waals surface area contributed by atoms with Crippen LogP contribution in [-0.2, 0) is 19.6 Å². The van der Waals surface area contributed by atoms with Gasteiger partial charge in [0.25, 0.3) is 0 Å². The summed E-state index contributed by atoms with van der Waals surface area (Å²) in [5, 5.41) is 12.7. The third kappa shape index (κ3) is 6.01. The molecular formula is C21H32N2O5S. The first kappa shape index (κ1) is 22.2. The molecule has 0 bridgehead atoms. The second-order valence-electron chi connectivity index (χ2n) is 8.16. The minimum atomic E-state index is -3.67. The van der Waals surface area contributed by atoms with E-state index in [9.17, 15) is 18.3 Å². The Hall–Kier alpha value is -1.48. The maximum absolute atomic E-state index is 12.6. The molecule has 1 aliphatic carbocycles. The minimum absolute atomic E-state index is 0.101. The summed E-state index contributed by atoms with van der Waals surface area (Å²) in [7, 11) is -3.67. The molecule has 7 nitrogen and oxygen atoms in total. The average Bonchev–Trinajstić information content (AvgIpc) is 3.24. The standard InChI is InChI=1S/C21H32N2O5S/c1-15-6-9-18(10-7-15)29(26,27)23-19-11-8-17(28-20(19)14-24)12-13-22-21(25)16-4-2-3-5-16/h6-7,9-10,16-17,19-20,23-24H,2-5,8,11-14H2,1H3,(H,22,25)/t17-,19+,20+/m1/s1. The summed E-state index contributed by atoms with van der Waals surface area (Å²) in [5.41, 5.74) is 0.987. The van der Waals surface area contributed by atoms with Crippen molar-refractivity contribution in [1.82, 2.24) is 10.0 Å². The van der Waals surface area contributed by atoms with Crippen LogP contribution in [0.1, 0.15) is 50.5 Å². The molecule has 2 fully saturated rings. The van der Waals surface area contributed by atoms with Crippen LogP contribution in [0, 0.1) is 12.8 Å². The van der Waals surface area contributed by atoms with Gasteiger partial charge >= 0.3 is 0 Å². The molecule has 1 saturated heterocycles. The van der Waals surface area contributed by atoms with E-state index in [0.717, 1.165) is 31.2 Å². The summed E-state index contributed by atoms with van der Waals surface area (Å²) >= 11 is 0. The smallest absolute Gasteiger partial charge is 0.240 e. The monoisotopic (exact) mass is 424 g/mol. The van der Waals surface area contributed by atoms with E-state index < -0.39 is 22.2 Å². The highest BCUT2D eigenvalue weighted by Gasteiger charge is 2.34. The van der Waals surface area contributed by atoms with E-state index in [0.29, 0.717) is 25.8 Å². The molecule has 1 heterocycles. The molecular weight excluding hydrogens is 392 g/mol. The summed E-state index contributed by atoms with van der Waals surface area (Å²) in [6, 6.07) is 6.18. The van der Waals surface area contributed by atoms with Crippen LogP contribution in [0.25, 0.3) is 0 Å². The van der Waals surface area contributed by atoms with Crippen LogP contribution >= 0.6 is 0 Å². The third-order valence-electron chi connectivity index (χ3n) is 5.92. The molecule has 29 heavy (non-hydrogen) atoms. The third-order valence-corrected chi connectivity index (χ3v) is 7.43. The predicted octanol–water partition coefficient (Wildman–Crippen LogP) is 1.88. The topological polar surface area (TPSA) is 105 Å². The van der Waals surface area contributed by atoms with Crippen LogP contribution < -0.4 is 10.0 Å². The van der Waals surface area contributed by atoms with E-state index in [2.05, 4.69) is 10.0 Å². The number of ether oxygens (including phenoxy) is 1. The fourth-order valence-corrected chi connectivity index (χ4v) is 5.45. The van der Waals surface area contributed by atoms with Crippen LogP contribution in [0.5, 0.6) is 0 Å². The quantitative estimate of drug-likeness (QED) is 0.591. The van der Waals surface area contributed by atoms with Gasteiger partial charge in [0.15, 0.2) is 0 Å². The van der Waals surface area contributed by atoms with Crippen molar-refractivity contribution >= 4 is 15.9 Å². The van der Waals surface area contributed by atoms with Crippen LogP contribution in [0.3, 0.4) is 0 Å². The van der Waals surface area contributed by atoms with Crippen molar-refractivity contribution in [2.75, 3.05) is 13.2 Å². The highest BCUT2D eigenvalue weighted by molar-refractivity contribution is 7.89. The van der Waals surface area contributed by atoms with Gasteiger partial charge in [0, 0.05) is 12.5 Å². The van der Waals surface area contributed by atoms with Crippen molar-refractivity contribution in [1.29, 1.82) is 0 Å². The molecule has 1 aromatic rings. The molecule has 1 aromatic carbocycles. The fraction of sp³-hybridized carbons (Fsp3) is 0.667. The largest absolute Gasteiger partial charge is 0.394 e. The number of rotatable bonds is 8. The van der Waals surface area contributed by atoms with Gasteiger partial charge in [0.2, 0.25) is 15.9 Å². The predicted molar refractivity (Wildman–Crippen MR) is 110 cm³/mol. The number of nitrogens with one attached hydrogen (secondary N) is 2. The van der Waals surface area contributed by atoms with Gasteiger partial charge in [-0.3, -0.25) is 4.79 Å². The lowest BCUT2D eigenvalue weighted by Gasteiger charge is -2.36. The first-order chi connectivity index (χ1) is 13.9. The Balaban J connectivity index is 1.48. The van der Waals surface area contributed by atoms with Crippen molar-refractivity contribution in [3.63, 3.8) is 0 Å². The van der Waals surface area contributed by atoms with Gasteiger partial charge in [-0.15, -0.1) is 0 Å². The zero-order valence-corrected chi connectivity index (χ0v) is 17.8. The van der Waals surface area contributed by atoms with Crippen LogP contribution in [0.15, 0.2) is 29.2 Å². The van der Waals surface area contributed by atoms with Gasteiger partial charge in [-0.1, -0.05) is 30.5 Å². The normalized spacial score (nSPS) is 25.8. The van der Waals surface area contributed by atoms with Crippen molar-refractivity contribution in [3.8, 4) is 0 Å². The highest BCUT2D eigenvalue weighted by atomic mass is 32.2. The fourth-order valence-electron chi connectivity index (χ4n) is 4.15. The lowest BCUT2D eigenvalue weighted by atomic mass is 9.98. The molecule has 0 radical (unpaired) electrons. The number of aryl methyl sites for hydroxylation is 1. The number of carbonyl (C=O) groups excluding carboxylic acids is 1. The maximum atomic E-state index is 12.6. The lowest BCUT2D eigenvalue weighted by Crippen LogP contribution is -2.51. The maximum Gasteiger partial charge on any atom is 0.240 e. The lowest BCUT2D eigenvalue weighted by molar-refractivity contribution is -0.125. The van der Waals surface area contributed by atoms with Gasteiger partial charge < -0.3 is 15.2 Å². The number of amides is 1. The van der Waals surface area contributed by atoms with Gasteiger partial charge in [0.05, 0.1) is 29.8 Å². The van der Waals surface area contributed by atoms with E-state index in [4.69, 9.17) is 4.74 Å². The molecule has 1 amide bonds. The summed E-state index contributed by atoms with van der Waals surface area (Å²) < 4.78 is 33.9. The Kier molecular flexibility index (Phi) is 7.67. The Morgan fingerprint density at radius 3 is 2.48 bits per heavy atom. The Morgan fingerprint density at radius 2 is 1.83 bits per heavy atom. The summed E-state index contributed by atoms with van der Waals surface area (Å²) in [4.78, 5) is 12.3. The van der Waals surface area contributed by atoms with Gasteiger partial charge in [0.1, 0.15) is 0 Å². The zero-order valence-electron chi connectivity index (χ0n) is 17.0. The Bertz CT molecular complexity index is 775. The second kappa shape index (κ2) is 10.0. The number of sulfonamides is 1. The first-order valence-electron chi connectivity index (χ1n) is 10.5. The summed E-state index contributed by atoms with van der Waals surface area (Å²) in [6.45, 7) is 2.18. The zero-order chi connectivity index (χ0) is 20.9. The summed E-state index contributed by atoms with van der Waals surface area (Å²) in [5.74, 6) is 0.272. The van der Waals surface area contributed by atoms with E-state index in [1.54, 1.807) is 24.3 Å². The van der Waals surface area contributed by atoms with Crippen molar-refractivity contribution in [2.45, 2.75) is 75.0 Å². The number of carbonyl (C=O) groups is 1. The van der Waals surface area contributed by atoms with E-state index in [1.807, 2.05) is 6.92 Å². The van der Waals surface area contributed by atoms with Gasteiger partial charge in [-0.05, 0) is 51.2 Å². The molecule has 8 heteroatoms. The molecule has 0 aromatic heterocycles. The Morgan fingerprint density at radius 1 is 1.14 bits per heavy atom. The molecule has 1 saturated carbocycles. The molecule has 0 spiro atoms. The van der Waals surface area contributed by atoms with E-state index in [-0.39, 0.29) is 29.4 Å². The van der Waals surface area contributed by atoms with Crippen LogP contribution in [0.2, 0.25) is 0 Å². The van der Waals surface area contributed by atoms with Crippen LogP contribution in [0.4, 0.5) is 0 Å². The molecule has 3 N–H and O–H groups in total. The highest BCUT2D eigenvalue weighted by Crippen LogP contribution is 2.25. The van der Waals surface area contributed by atoms with Crippen LogP contribution in [-0.4, -0.2) is 50.8 Å². The number of hydrogen-bond donors (Lipinski definition) is 3. The van der Waals surface area contributed by atoms with Gasteiger partial charge in [-0.25, -0.2) is 13.1 Å². The summed E-state index contributed by atoms with van der Waals surface area (Å²) in [6.07, 6.45) is 5.42. The number of aliphatic hydroxyl groups is 1. The van der Waals surface area contributed by atoms with Gasteiger partial charge in [-0.2, -0.15) is 0 Å². The van der Waals surface area contributed by atoms with Crippen molar-refractivity contribution in [2.24, 2.45) is 5.92 Å². The molecule has 3 atom stereocenters. The average molecular weight is 425 g/mol. The Labute approximate surface area is 173 Å². The SMILES string of the molecule is Cc1ccc(S(=O)(=O)N[C@H]2CC[C@H](CCNC(=O)C3CCCC3)O[C@H]2CO)cc1. The van der Waals surface area contributed by atoms with Crippen molar-refractivity contribution < 1.29 is 23.1 Å². The number of hydrogen-bond acceptors (Lipinski definition) is 5. The molecule has 3 rings (SSSR count).